The summed E-state index contributed by atoms with van der Waals surface area (Å²) in [5.74, 6) is 0. The Bertz CT molecular complexity index is 176. The molecule has 0 unspecified atom stereocenters. The smallest absolute Gasteiger partial charge is 0.390 e. The Morgan fingerprint density at radius 3 is 2.36 bits per heavy atom. The van der Waals surface area contributed by atoms with Crippen LogP contribution in [0, 0.1) is 0 Å². The molecule has 0 aromatic carbocycles. The highest BCUT2D eigenvalue weighted by Crippen LogP contribution is 2.41. The van der Waals surface area contributed by atoms with Gasteiger partial charge in [0, 0.05) is 0 Å². The van der Waals surface area contributed by atoms with E-state index in [9.17, 15) is 4.57 Å². The van der Waals surface area contributed by atoms with E-state index in [-0.39, 0.29) is 0 Å². The van der Waals surface area contributed by atoms with Gasteiger partial charge in [0.2, 0.25) is 0 Å². The summed E-state index contributed by atoms with van der Waals surface area (Å²) in [4.78, 5) is 16.7. The third-order valence-corrected chi connectivity index (χ3v) is 2.24. The maximum absolute atomic E-state index is 10.3. The quantitative estimate of drug-likeness (QED) is 0.523. The molecule has 1 saturated carbocycles. The molecule has 0 spiro atoms. The molecular weight excluding hydrogens is 171 g/mol. The molecule has 0 heterocycles. The molecule has 0 bridgehead atoms. The molecule has 1 aliphatic carbocycles. The van der Waals surface area contributed by atoms with Crippen LogP contribution >= 0.6 is 7.82 Å². The van der Waals surface area contributed by atoms with Gasteiger partial charge in [-0.2, -0.15) is 0 Å². The highest BCUT2D eigenvalue weighted by molar-refractivity contribution is 7.46. The Hall–Kier alpha value is 0.0700. The Balaban J connectivity index is 2.43. The molecule has 6 heteroatoms. The Morgan fingerprint density at radius 1 is 1.36 bits per heavy atom. The first-order chi connectivity index (χ1) is 4.99. The van der Waals surface area contributed by atoms with E-state index in [0.29, 0.717) is 12.8 Å². The molecule has 5 nitrogen and oxygen atoms in total. The number of rotatable bonds is 2. The van der Waals surface area contributed by atoms with Crippen molar-refractivity contribution in [2.24, 2.45) is 0 Å². The second-order valence-electron chi connectivity index (χ2n) is 2.63. The lowest BCUT2D eigenvalue weighted by molar-refractivity contribution is 0.0384. The van der Waals surface area contributed by atoms with Gasteiger partial charge in [0.05, 0.1) is 12.2 Å². The van der Waals surface area contributed by atoms with Gasteiger partial charge in [0.25, 0.3) is 0 Å². The fourth-order valence-electron chi connectivity index (χ4n) is 1.21. The molecule has 3 N–H and O–H groups in total. The first-order valence-electron chi connectivity index (χ1n) is 3.41. The Morgan fingerprint density at radius 2 is 2.00 bits per heavy atom. The molecule has 0 saturated heterocycles. The van der Waals surface area contributed by atoms with Crippen molar-refractivity contribution in [3.05, 3.63) is 0 Å². The molecule has 0 amide bonds. The molecule has 1 fully saturated rings. The summed E-state index contributed by atoms with van der Waals surface area (Å²) in [5.41, 5.74) is 0. The van der Waals surface area contributed by atoms with Gasteiger partial charge in [0.1, 0.15) is 0 Å². The number of phosphoric acid groups is 1. The minimum absolute atomic E-state index is 0.520. The van der Waals surface area contributed by atoms with E-state index in [1.807, 2.05) is 0 Å². The highest BCUT2D eigenvalue weighted by Gasteiger charge is 2.31. The van der Waals surface area contributed by atoms with Gasteiger partial charge in [-0.3, -0.25) is 4.52 Å². The van der Waals surface area contributed by atoms with Gasteiger partial charge in [-0.05, 0) is 19.3 Å². The van der Waals surface area contributed by atoms with E-state index in [2.05, 4.69) is 4.52 Å². The van der Waals surface area contributed by atoms with Gasteiger partial charge >= 0.3 is 7.82 Å². The van der Waals surface area contributed by atoms with E-state index in [1.165, 1.54) is 0 Å². The second-order valence-corrected chi connectivity index (χ2v) is 3.82. The Kier molecular flexibility index (Phi) is 2.67. The van der Waals surface area contributed by atoms with Crippen LogP contribution in [-0.2, 0) is 9.09 Å². The van der Waals surface area contributed by atoms with E-state index in [1.54, 1.807) is 0 Å². The van der Waals surface area contributed by atoms with Gasteiger partial charge < -0.3 is 14.9 Å². The lowest BCUT2D eigenvalue weighted by Gasteiger charge is -2.15. The summed E-state index contributed by atoms with van der Waals surface area (Å²) in [5, 5.41) is 9.08. The Labute approximate surface area is 64.2 Å². The third-order valence-electron chi connectivity index (χ3n) is 1.69. The average molecular weight is 182 g/mol. The number of phosphoric ester groups is 1. The SMILES string of the molecule is O=P(O)(O)O[C@@H]1CCC[C@H]1O. The predicted molar refractivity (Wildman–Crippen MR) is 36.8 cm³/mol. The number of aliphatic hydroxyl groups is 1. The first-order valence-corrected chi connectivity index (χ1v) is 4.94. The number of aliphatic hydroxyl groups excluding tert-OH is 1. The summed E-state index contributed by atoms with van der Waals surface area (Å²) >= 11 is 0. The third kappa shape index (κ3) is 2.89. The molecule has 66 valence electrons. The van der Waals surface area contributed by atoms with Crippen molar-refractivity contribution in [3.8, 4) is 0 Å². The van der Waals surface area contributed by atoms with Crippen LogP contribution in [0.5, 0.6) is 0 Å². The highest BCUT2D eigenvalue weighted by atomic mass is 31.2. The van der Waals surface area contributed by atoms with Crippen molar-refractivity contribution >= 4 is 7.82 Å². The molecule has 1 rings (SSSR count). The molecular formula is C5H11O5P. The monoisotopic (exact) mass is 182 g/mol. The van der Waals surface area contributed by atoms with E-state index >= 15 is 0 Å². The minimum atomic E-state index is -4.41. The van der Waals surface area contributed by atoms with Gasteiger partial charge in [-0.1, -0.05) is 0 Å². The molecule has 1 aliphatic rings. The van der Waals surface area contributed by atoms with E-state index < -0.39 is 20.0 Å². The largest absolute Gasteiger partial charge is 0.469 e. The first kappa shape index (κ1) is 9.16. The minimum Gasteiger partial charge on any atom is -0.390 e. The molecule has 0 radical (unpaired) electrons. The zero-order chi connectivity index (χ0) is 8.48. The van der Waals surface area contributed by atoms with Crippen LogP contribution < -0.4 is 0 Å². The van der Waals surface area contributed by atoms with Crippen LogP contribution in [-0.4, -0.2) is 27.1 Å². The van der Waals surface area contributed by atoms with Gasteiger partial charge in [0.15, 0.2) is 0 Å². The summed E-state index contributed by atoms with van der Waals surface area (Å²) in [6, 6.07) is 0. The van der Waals surface area contributed by atoms with Crippen molar-refractivity contribution in [1.82, 2.24) is 0 Å². The van der Waals surface area contributed by atoms with Gasteiger partial charge in [-0.15, -0.1) is 0 Å². The topological polar surface area (TPSA) is 87.0 Å². The lowest BCUT2D eigenvalue weighted by Crippen LogP contribution is -2.21. The van der Waals surface area contributed by atoms with Crippen molar-refractivity contribution in [3.63, 3.8) is 0 Å². The summed E-state index contributed by atoms with van der Waals surface area (Å²) in [6.45, 7) is 0. The van der Waals surface area contributed by atoms with E-state index in [4.69, 9.17) is 14.9 Å². The van der Waals surface area contributed by atoms with Crippen LogP contribution in [0.1, 0.15) is 19.3 Å². The molecule has 11 heavy (non-hydrogen) atoms. The van der Waals surface area contributed by atoms with E-state index in [0.717, 1.165) is 6.42 Å². The van der Waals surface area contributed by atoms with Crippen molar-refractivity contribution in [2.75, 3.05) is 0 Å². The zero-order valence-corrected chi connectivity index (χ0v) is 6.78. The number of hydrogen-bond donors (Lipinski definition) is 3. The summed E-state index contributed by atoms with van der Waals surface area (Å²) in [6.07, 6.45) is 0.432. The fraction of sp³-hybridized carbons (Fsp3) is 1.00. The fourth-order valence-corrected chi connectivity index (χ4v) is 1.80. The van der Waals surface area contributed by atoms with Crippen LogP contribution in [0.2, 0.25) is 0 Å². The summed E-state index contributed by atoms with van der Waals surface area (Å²) in [7, 11) is -4.41. The van der Waals surface area contributed by atoms with Gasteiger partial charge in [-0.25, -0.2) is 4.57 Å². The normalized spacial score (nSPS) is 32.6. The van der Waals surface area contributed by atoms with Crippen molar-refractivity contribution in [2.45, 2.75) is 31.5 Å². The molecule has 0 aliphatic heterocycles. The van der Waals surface area contributed by atoms with Crippen LogP contribution in [0.15, 0.2) is 0 Å². The maximum Gasteiger partial charge on any atom is 0.469 e. The zero-order valence-electron chi connectivity index (χ0n) is 5.88. The van der Waals surface area contributed by atoms with Crippen LogP contribution in [0.3, 0.4) is 0 Å². The maximum atomic E-state index is 10.3. The molecule has 0 aromatic heterocycles. The van der Waals surface area contributed by atoms with Crippen molar-refractivity contribution in [1.29, 1.82) is 0 Å². The predicted octanol–water partition coefficient (Wildman–Crippen LogP) is 0.00910. The standard InChI is InChI=1S/C5H11O5P/c6-4-2-1-3-5(4)10-11(7,8)9/h4-6H,1-3H2,(H2,7,8,9)/t4-,5-/m1/s1. The number of hydrogen-bond acceptors (Lipinski definition) is 3. The summed E-state index contributed by atoms with van der Waals surface area (Å²) < 4.78 is 14.6. The second kappa shape index (κ2) is 3.21. The molecule has 2 atom stereocenters. The van der Waals surface area contributed by atoms with Crippen molar-refractivity contribution < 1.29 is 24.0 Å². The van der Waals surface area contributed by atoms with Crippen LogP contribution in [0.4, 0.5) is 0 Å². The molecule has 0 aromatic rings. The average Bonchev–Trinajstić information content (AvgIpc) is 2.12. The lowest BCUT2D eigenvalue weighted by atomic mass is 10.3. The van der Waals surface area contributed by atoms with Crippen LogP contribution in [0.25, 0.3) is 0 Å².